The van der Waals surface area contributed by atoms with Crippen LogP contribution in [0, 0.1) is 6.92 Å². The Morgan fingerprint density at radius 1 is 1.38 bits per heavy atom. The summed E-state index contributed by atoms with van der Waals surface area (Å²) in [6, 6.07) is 5.54. The Kier molecular flexibility index (Phi) is 4.12. The third-order valence-electron chi connectivity index (χ3n) is 3.12. The number of thiazole rings is 1. The van der Waals surface area contributed by atoms with E-state index in [1.165, 1.54) is 16.2 Å². The number of nitrogens with zero attached hydrogens (tertiary/aromatic N) is 3. The third-order valence-corrected chi connectivity index (χ3v) is 5.27. The van der Waals surface area contributed by atoms with Gasteiger partial charge in [-0.3, -0.25) is 14.1 Å². The molecule has 0 aromatic carbocycles. The van der Waals surface area contributed by atoms with Gasteiger partial charge >= 0.3 is 0 Å². The van der Waals surface area contributed by atoms with Crippen LogP contribution in [-0.2, 0) is 13.1 Å². The summed E-state index contributed by atoms with van der Waals surface area (Å²) in [5, 5.41) is 1.95. The van der Waals surface area contributed by atoms with Crippen LogP contribution in [0.5, 0.6) is 0 Å². The molecule has 7 heteroatoms. The first-order valence-electron chi connectivity index (χ1n) is 6.42. The lowest BCUT2D eigenvalue weighted by atomic mass is 10.3. The van der Waals surface area contributed by atoms with Crippen molar-refractivity contribution in [1.29, 1.82) is 0 Å². The molecule has 0 amide bonds. The Morgan fingerprint density at radius 3 is 2.90 bits per heavy atom. The first-order chi connectivity index (χ1) is 10.0. The maximum atomic E-state index is 12.1. The van der Waals surface area contributed by atoms with Gasteiger partial charge in [-0.15, -0.1) is 22.7 Å². The number of aryl methyl sites for hydroxylation is 1. The maximum absolute atomic E-state index is 12.1. The van der Waals surface area contributed by atoms with E-state index in [2.05, 4.69) is 9.88 Å². The van der Waals surface area contributed by atoms with E-state index in [-0.39, 0.29) is 5.56 Å². The molecule has 0 radical (unpaired) electrons. The molecule has 0 bridgehead atoms. The first kappa shape index (κ1) is 14.7. The summed E-state index contributed by atoms with van der Waals surface area (Å²) in [7, 11) is 2.01. The minimum absolute atomic E-state index is 0.0127. The van der Waals surface area contributed by atoms with Gasteiger partial charge in [-0.05, 0) is 26.1 Å². The lowest BCUT2D eigenvalue weighted by Gasteiger charge is -2.14. The smallest absolute Gasteiger partial charge is 0.259 e. The zero-order valence-electron chi connectivity index (χ0n) is 11.7. The van der Waals surface area contributed by atoms with Crippen molar-refractivity contribution in [2.75, 3.05) is 7.05 Å². The number of halogens is 1. The summed E-state index contributed by atoms with van der Waals surface area (Å²) < 4.78 is 2.44. The average Bonchev–Trinajstić information content (AvgIpc) is 2.96. The van der Waals surface area contributed by atoms with E-state index in [0.29, 0.717) is 6.54 Å². The molecule has 0 spiro atoms. The van der Waals surface area contributed by atoms with Crippen LogP contribution < -0.4 is 5.56 Å². The molecular formula is C14H14ClN3OS2. The van der Waals surface area contributed by atoms with Crippen molar-refractivity contribution in [3.63, 3.8) is 0 Å². The summed E-state index contributed by atoms with van der Waals surface area (Å²) in [5.74, 6) is 0. The molecule has 3 aromatic heterocycles. The van der Waals surface area contributed by atoms with Gasteiger partial charge in [0, 0.05) is 35.1 Å². The largest absolute Gasteiger partial charge is 0.295 e. The molecule has 110 valence electrons. The number of hydrogen-bond donors (Lipinski definition) is 0. The van der Waals surface area contributed by atoms with Crippen molar-refractivity contribution in [2.45, 2.75) is 20.0 Å². The van der Waals surface area contributed by atoms with Crippen LogP contribution >= 0.6 is 34.3 Å². The second-order valence-electron chi connectivity index (χ2n) is 4.96. The average molecular weight is 340 g/mol. The molecule has 0 aliphatic heterocycles. The molecule has 0 fully saturated rings. The minimum atomic E-state index is -0.0127. The van der Waals surface area contributed by atoms with Gasteiger partial charge in [0.05, 0.1) is 10.0 Å². The Labute approximate surface area is 135 Å². The monoisotopic (exact) mass is 339 g/mol. The SMILES string of the molecule is Cc1csc2nc(CN(C)Cc3ccc(Cl)s3)cc(=O)n12. The van der Waals surface area contributed by atoms with Gasteiger partial charge < -0.3 is 0 Å². The molecule has 0 saturated heterocycles. The summed E-state index contributed by atoms with van der Waals surface area (Å²) >= 11 is 9.01. The van der Waals surface area contributed by atoms with E-state index in [0.717, 1.165) is 27.2 Å². The summed E-state index contributed by atoms with van der Waals surface area (Å²) in [6.07, 6.45) is 0. The molecule has 0 unspecified atom stereocenters. The van der Waals surface area contributed by atoms with E-state index in [4.69, 9.17) is 11.6 Å². The van der Waals surface area contributed by atoms with E-state index in [1.54, 1.807) is 21.8 Å². The predicted molar refractivity (Wildman–Crippen MR) is 88.6 cm³/mol. The fourth-order valence-corrected chi connectivity index (χ4v) is 4.28. The molecule has 3 aromatic rings. The number of aromatic nitrogens is 2. The standard InChI is InChI=1S/C14H14ClN3OS2/c1-9-8-20-14-16-10(5-13(19)18(9)14)6-17(2)7-11-3-4-12(15)21-11/h3-5,8H,6-7H2,1-2H3. The topological polar surface area (TPSA) is 37.6 Å². The van der Waals surface area contributed by atoms with Crippen molar-refractivity contribution >= 4 is 39.2 Å². The van der Waals surface area contributed by atoms with Gasteiger partial charge in [0.2, 0.25) is 0 Å². The zero-order chi connectivity index (χ0) is 15.0. The van der Waals surface area contributed by atoms with Gasteiger partial charge in [0.1, 0.15) is 0 Å². The highest BCUT2D eigenvalue weighted by molar-refractivity contribution is 7.16. The van der Waals surface area contributed by atoms with E-state index in [9.17, 15) is 4.79 Å². The van der Waals surface area contributed by atoms with Gasteiger partial charge in [-0.1, -0.05) is 11.6 Å². The normalized spacial score (nSPS) is 11.6. The first-order valence-corrected chi connectivity index (χ1v) is 8.50. The molecule has 21 heavy (non-hydrogen) atoms. The third kappa shape index (κ3) is 3.18. The Hall–Kier alpha value is -1.21. The number of hydrogen-bond acceptors (Lipinski definition) is 5. The fourth-order valence-electron chi connectivity index (χ4n) is 2.22. The van der Waals surface area contributed by atoms with Crippen LogP contribution in [0.4, 0.5) is 0 Å². The molecule has 3 heterocycles. The van der Waals surface area contributed by atoms with Crippen molar-refractivity contribution in [1.82, 2.24) is 14.3 Å². The van der Waals surface area contributed by atoms with Gasteiger partial charge in [0.15, 0.2) is 4.96 Å². The van der Waals surface area contributed by atoms with Crippen LogP contribution in [0.1, 0.15) is 16.3 Å². The lowest BCUT2D eigenvalue weighted by molar-refractivity contribution is 0.318. The summed E-state index contributed by atoms with van der Waals surface area (Å²) in [5.41, 5.74) is 1.72. The molecule has 0 saturated carbocycles. The number of rotatable bonds is 4. The Morgan fingerprint density at radius 2 is 2.19 bits per heavy atom. The lowest BCUT2D eigenvalue weighted by Crippen LogP contribution is -2.21. The predicted octanol–water partition coefficient (Wildman–Crippen LogP) is 3.41. The van der Waals surface area contributed by atoms with Crippen molar-refractivity contribution in [3.8, 4) is 0 Å². The number of fused-ring (bicyclic) bond motifs is 1. The van der Waals surface area contributed by atoms with Crippen LogP contribution in [0.15, 0.2) is 28.4 Å². The van der Waals surface area contributed by atoms with Crippen LogP contribution in [0.25, 0.3) is 4.96 Å². The number of thiophene rings is 1. The fraction of sp³-hybridized carbons (Fsp3) is 0.286. The van der Waals surface area contributed by atoms with E-state index >= 15 is 0 Å². The second kappa shape index (κ2) is 5.88. The summed E-state index contributed by atoms with van der Waals surface area (Å²) in [4.78, 5) is 20.8. The molecule has 0 N–H and O–H groups in total. The second-order valence-corrected chi connectivity index (χ2v) is 7.60. The molecule has 0 aliphatic rings. The highest BCUT2D eigenvalue weighted by Crippen LogP contribution is 2.22. The van der Waals surface area contributed by atoms with Gasteiger partial charge in [0.25, 0.3) is 5.56 Å². The van der Waals surface area contributed by atoms with Gasteiger partial charge in [-0.25, -0.2) is 4.98 Å². The molecule has 4 nitrogen and oxygen atoms in total. The van der Waals surface area contributed by atoms with Gasteiger partial charge in [-0.2, -0.15) is 0 Å². The summed E-state index contributed by atoms with van der Waals surface area (Å²) in [6.45, 7) is 3.35. The molecule has 0 atom stereocenters. The Bertz CT molecular complexity index is 836. The van der Waals surface area contributed by atoms with Crippen LogP contribution in [0.2, 0.25) is 4.34 Å². The van der Waals surface area contributed by atoms with E-state index < -0.39 is 0 Å². The highest BCUT2D eigenvalue weighted by Gasteiger charge is 2.09. The van der Waals surface area contributed by atoms with Crippen molar-refractivity contribution in [3.05, 3.63) is 54.5 Å². The maximum Gasteiger partial charge on any atom is 0.259 e. The Balaban J connectivity index is 1.79. The van der Waals surface area contributed by atoms with Crippen molar-refractivity contribution < 1.29 is 0 Å². The molecule has 0 aliphatic carbocycles. The molecule has 3 rings (SSSR count). The van der Waals surface area contributed by atoms with Crippen molar-refractivity contribution in [2.24, 2.45) is 0 Å². The van der Waals surface area contributed by atoms with Crippen LogP contribution in [0.3, 0.4) is 0 Å². The highest BCUT2D eigenvalue weighted by atomic mass is 35.5. The van der Waals surface area contributed by atoms with Crippen LogP contribution in [-0.4, -0.2) is 21.3 Å². The molecular weight excluding hydrogens is 326 g/mol. The van der Waals surface area contributed by atoms with E-state index in [1.807, 2.05) is 31.5 Å². The minimum Gasteiger partial charge on any atom is -0.295 e. The zero-order valence-corrected chi connectivity index (χ0v) is 14.1. The quantitative estimate of drug-likeness (QED) is 0.731.